The third kappa shape index (κ3) is 2.48. The molecule has 1 aromatic carbocycles. The van der Waals surface area contributed by atoms with E-state index in [1.807, 2.05) is 6.07 Å². The summed E-state index contributed by atoms with van der Waals surface area (Å²) in [6.07, 6.45) is 4.35. The van der Waals surface area contributed by atoms with Crippen LogP contribution >= 0.6 is 0 Å². The minimum absolute atomic E-state index is 0.466. The molecule has 0 aromatic heterocycles. The highest BCUT2D eigenvalue weighted by Crippen LogP contribution is 2.23. The molecule has 0 aliphatic rings. The molecule has 0 unspecified atom stereocenters. The van der Waals surface area contributed by atoms with Crippen molar-refractivity contribution in [3.05, 3.63) is 29.3 Å². The summed E-state index contributed by atoms with van der Waals surface area (Å²) in [5, 5.41) is 9.65. The van der Waals surface area contributed by atoms with Gasteiger partial charge in [-0.1, -0.05) is 32.4 Å². The third-order valence-electron chi connectivity index (χ3n) is 2.41. The van der Waals surface area contributed by atoms with E-state index in [1.165, 1.54) is 12.0 Å². The van der Waals surface area contributed by atoms with E-state index in [4.69, 9.17) is 0 Å². The smallest absolute Gasteiger partial charge is 0.119 e. The van der Waals surface area contributed by atoms with Gasteiger partial charge in [0, 0.05) is 0 Å². The first-order chi connectivity index (χ1) is 6.29. The Hall–Kier alpha value is -0.980. The minimum atomic E-state index is 0.466. The Bertz CT molecular complexity index is 266. The monoisotopic (exact) mass is 178 g/mol. The molecule has 0 bridgehead atoms. The number of unbranched alkanes of at least 4 members (excludes halogenated alkanes) is 1. The van der Waals surface area contributed by atoms with Gasteiger partial charge in [0.05, 0.1) is 0 Å². The number of phenols is 1. The average molecular weight is 178 g/mol. The summed E-state index contributed by atoms with van der Waals surface area (Å²) in [6, 6.07) is 5.80. The quantitative estimate of drug-likeness (QED) is 0.750. The van der Waals surface area contributed by atoms with E-state index in [-0.39, 0.29) is 0 Å². The second kappa shape index (κ2) is 4.90. The van der Waals surface area contributed by atoms with Crippen molar-refractivity contribution in [3.8, 4) is 5.75 Å². The summed E-state index contributed by atoms with van der Waals surface area (Å²) in [7, 11) is 0. The van der Waals surface area contributed by atoms with Crippen molar-refractivity contribution in [2.75, 3.05) is 0 Å². The minimum Gasteiger partial charge on any atom is -0.508 e. The molecule has 0 atom stereocenters. The van der Waals surface area contributed by atoms with E-state index in [0.717, 1.165) is 24.8 Å². The van der Waals surface area contributed by atoms with Crippen molar-refractivity contribution < 1.29 is 5.11 Å². The number of rotatable bonds is 4. The molecular weight excluding hydrogens is 160 g/mol. The van der Waals surface area contributed by atoms with Gasteiger partial charge in [-0.2, -0.15) is 0 Å². The van der Waals surface area contributed by atoms with Crippen LogP contribution in [0.3, 0.4) is 0 Å². The molecule has 1 nitrogen and oxygen atoms in total. The van der Waals surface area contributed by atoms with Crippen LogP contribution in [0.15, 0.2) is 18.2 Å². The third-order valence-corrected chi connectivity index (χ3v) is 2.41. The average Bonchev–Trinajstić information content (AvgIpc) is 2.15. The van der Waals surface area contributed by atoms with Crippen molar-refractivity contribution in [1.29, 1.82) is 0 Å². The lowest BCUT2D eigenvalue weighted by molar-refractivity contribution is 0.466. The molecule has 0 aliphatic heterocycles. The summed E-state index contributed by atoms with van der Waals surface area (Å²) in [5.74, 6) is 0.466. The van der Waals surface area contributed by atoms with Crippen molar-refractivity contribution in [2.45, 2.75) is 39.5 Å². The molecule has 0 heterocycles. The first-order valence-electron chi connectivity index (χ1n) is 5.09. The molecule has 0 aliphatic carbocycles. The fourth-order valence-corrected chi connectivity index (χ4v) is 1.59. The predicted octanol–water partition coefficient (Wildman–Crippen LogP) is 3.30. The fraction of sp³-hybridized carbons (Fsp3) is 0.500. The molecule has 1 aromatic rings. The predicted molar refractivity (Wildman–Crippen MR) is 56.1 cm³/mol. The van der Waals surface area contributed by atoms with Crippen molar-refractivity contribution in [2.24, 2.45) is 0 Å². The van der Waals surface area contributed by atoms with E-state index >= 15 is 0 Å². The SMILES string of the molecule is CCCCc1c(O)cccc1CC. The lowest BCUT2D eigenvalue weighted by atomic mass is 9.99. The van der Waals surface area contributed by atoms with E-state index < -0.39 is 0 Å². The van der Waals surface area contributed by atoms with Crippen molar-refractivity contribution in [1.82, 2.24) is 0 Å². The van der Waals surface area contributed by atoms with Crippen LogP contribution in [0, 0.1) is 0 Å². The Morgan fingerprint density at radius 1 is 1.23 bits per heavy atom. The Kier molecular flexibility index (Phi) is 3.81. The second-order valence-corrected chi connectivity index (χ2v) is 3.37. The van der Waals surface area contributed by atoms with Gasteiger partial charge in [-0.05, 0) is 36.5 Å². The van der Waals surface area contributed by atoms with Crippen LogP contribution in [0.1, 0.15) is 37.8 Å². The van der Waals surface area contributed by atoms with Gasteiger partial charge >= 0.3 is 0 Å². The van der Waals surface area contributed by atoms with Crippen LogP contribution in [-0.4, -0.2) is 5.11 Å². The first kappa shape index (κ1) is 10.1. The van der Waals surface area contributed by atoms with E-state index in [1.54, 1.807) is 6.07 Å². The lowest BCUT2D eigenvalue weighted by Gasteiger charge is -2.08. The highest BCUT2D eigenvalue weighted by molar-refractivity contribution is 5.39. The molecule has 0 spiro atoms. The number of hydrogen-bond acceptors (Lipinski definition) is 1. The van der Waals surface area contributed by atoms with Crippen LogP contribution in [0.2, 0.25) is 0 Å². The van der Waals surface area contributed by atoms with E-state index in [0.29, 0.717) is 5.75 Å². The van der Waals surface area contributed by atoms with Gasteiger partial charge in [-0.15, -0.1) is 0 Å². The molecule has 0 radical (unpaired) electrons. The van der Waals surface area contributed by atoms with Gasteiger partial charge in [0.1, 0.15) is 5.75 Å². The molecule has 1 rings (SSSR count). The molecule has 13 heavy (non-hydrogen) atoms. The largest absolute Gasteiger partial charge is 0.508 e. The van der Waals surface area contributed by atoms with Crippen molar-refractivity contribution in [3.63, 3.8) is 0 Å². The number of aromatic hydroxyl groups is 1. The van der Waals surface area contributed by atoms with Crippen LogP contribution in [0.5, 0.6) is 5.75 Å². The molecular formula is C12H18O. The van der Waals surface area contributed by atoms with Gasteiger partial charge in [0.25, 0.3) is 0 Å². The molecule has 0 fully saturated rings. The van der Waals surface area contributed by atoms with Gasteiger partial charge in [0.2, 0.25) is 0 Å². The van der Waals surface area contributed by atoms with Gasteiger partial charge < -0.3 is 5.11 Å². The zero-order valence-corrected chi connectivity index (χ0v) is 8.51. The number of phenolic OH excluding ortho intramolecular Hbond substituents is 1. The molecule has 1 N–H and O–H groups in total. The molecule has 0 amide bonds. The van der Waals surface area contributed by atoms with Crippen LogP contribution in [0.25, 0.3) is 0 Å². The lowest BCUT2D eigenvalue weighted by Crippen LogP contribution is -1.93. The van der Waals surface area contributed by atoms with Crippen LogP contribution in [0.4, 0.5) is 0 Å². The van der Waals surface area contributed by atoms with Crippen LogP contribution in [-0.2, 0) is 12.8 Å². The first-order valence-corrected chi connectivity index (χ1v) is 5.09. The summed E-state index contributed by atoms with van der Waals surface area (Å²) < 4.78 is 0. The summed E-state index contributed by atoms with van der Waals surface area (Å²) in [6.45, 7) is 4.30. The van der Waals surface area contributed by atoms with E-state index in [9.17, 15) is 5.11 Å². The maximum atomic E-state index is 9.65. The van der Waals surface area contributed by atoms with Crippen LogP contribution < -0.4 is 0 Å². The maximum absolute atomic E-state index is 9.65. The highest BCUT2D eigenvalue weighted by Gasteiger charge is 2.04. The Morgan fingerprint density at radius 2 is 2.00 bits per heavy atom. The van der Waals surface area contributed by atoms with Gasteiger partial charge in [-0.25, -0.2) is 0 Å². The standard InChI is InChI=1S/C12H18O/c1-3-5-8-11-10(4-2)7-6-9-12(11)13/h6-7,9,13H,3-5,8H2,1-2H3. The molecule has 0 saturated heterocycles. The molecule has 1 heteroatoms. The topological polar surface area (TPSA) is 20.2 Å². The molecule has 0 saturated carbocycles. The highest BCUT2D eigenvalue weighted by atomic mass is 16.3. The second-order valence-electron chi connectivity index (χ2n) is 3.37. The molecule has 72 valence electrons. The van der Waals surface area contributed by atoms with Gasteiger partial charge in [-0.3, -0.25) is 0 Å². The fourth-order valence-electron chi connectivity index (χ4n) is 1.59. The summed E-state index contributed by atoms with van der Waals surface area (Å²) in [4.78, 5) is 0. The number of aryl methyl sites for hydroxylation is 1. The zero-order valence-electron chi connectivity index (χ0n) is 8.51. The number of benzene rings is 1. The maximum Gasteiger partial charge on any atom is 0.119 e. The Labute approximate surface area is 80.4 Å². The summed E-state index contributed by atoms with van der Waals surface area (Å²) >= 11 is 0. The zero-order chi connectivity index (χ0) is 9.68. The Balaban J connectivity index is 2.87. The van der Waals surface area contributed by atoms with E-state index in [2.05, 4.69) is 19.9 Å². The van der Waals surface area contributed by atoms with Crippen molar-refractivity contribution >= 4 is 0 Å². The normalized spacial score (nSPS) is 10.3. The summed E-state index contributed by atoms with van der Waals surface area (Å²) in [5.41, 5.74) is 2.43. The number of hydrogen-bond donors (Lipinski definition) is 1. The van der Waals surface area contributed by atoms with Gasteiger partial charge in [0.15, 0.2) is 0 Å². The Morgan fingerprint density at radius 3 is 2.62 bits per heavy atom.